The summed E-state index contributed by atoms with van der Waals surface area (Å²) in [5.41, 5.74) is 6.89. The lowest BCUT2D eigenvalue weighted by Gasteiger charge is -2.44. The Hall–Kier alpha value is -2.93. The van der Waals surface area contributed by atoms with Crippen molar-refractivity contribution in [1.29, 1.82) is 0 Å². The summed E-state index contributed by atoms with van der Waals surface area (Å²) in [6, 6.07) is 18.9. The standard InChI is InChI=1S/C25H29N3O3/c1-18-13-27(15-21-4-3-5-23(12-21)24-10-11-31-17-24)14-19(2)28(18)16-20-6-8-22(9-7-20)25(29)26-30/h3-12,17-19,30H,13-16H2,1-2H3,(H,26,29)/t18-,19+. The highest BCUT2D eigenvalue weighted by atomic mass is 16.5. The molecule has 1 aliphatic heterocycles. The number of hydroxylamine groups is 1. The summed E-state index contributed by atoms with van der Waals surface area (Å²) in [5.74, 6) is -0.487. The number of benzene rings is 2. The minimum Gasteiger partial charge on any atom is -0.472 e. The first kappa shape index (κ1) is 21.3. The van der Waals surface area contributed by atoms with Crippen LogP contribution in [0.2, 0.25) is 0 Å². The number of furan rings is 1. The molecule has 2 heterocycles. The van der Waals surface area contributed by atoms with Gasteiger partial charge in [-0.15, -0.1) is 0 Å². The van der Waals surface area contributed by atoms with Crippen LogP contribution in [0.3, 0.4) is 0 Å². The molecule has 1 fully saturated rings. The van der Waals surface area contributed by atoms with Crippen molar-refractivity contribution in [3.63, 3.8) is 0 Å². The van der Waals surface area contributed by atoms with Crippen LogP contribution in [0.4, 0.5) is 0 Å². The first-order valence-corrected chi connectivity index (χ1v) is 10.7. The van der Waals surface area contributed by atoms with Gasteiger partial charge >= 0.3 is 0 Å². The van der Waals surface area contributed by atoms with E-state index in [-0.39, 0.29) is 0 Å². The van der Waals surface area contributed by atoms with E-state index in [1.54, 1.807) is 30.1 Å². The average molecular weight is 420 g/mol. The van der Waals surface area contributed by atoms with Crippen LogP contribution < -0.4 is 5.48 Å². The van der Waals surface area contributed by atoms with Gasteiger partial charge in [-0.25, -0.2) is 5.48 Å². The van der Waals surface area contributed by atoms with Crippen molar-refractivity contribution in [2.75, 3.05) is 13.1 Å². The summed E-state index contributed by atoms with van der Waals surface area (Å²) < 4.78 is 5.22. The average Bonchev–Trinajstić information content (AvgIpc) is 3.31. The van der Waals surface area contributed by atoms with Gasteiger partial charge in [0, 0.05) is 49.4 Å². The Bertz CT molecular complexity index is 989. The molecular formula is C25H29N3O3. The Balaban J connectivity index is 1.38. The third-order valence-corrected chi connectivity index (χ3v) is 6.05. The highest BCUT2D eigenvalue weighted by Gasteiger charge is 2.29. The summed E-state index contributed by atoms with van der Waals surface area (Å²) in [5, 5.41) is 8.77. The van der Waals surface area contributed by atoms with Gasteiger partial charge in [-0.3, -0.25) is 19.8 Å². The van der Waals surface area contributed by atoms with E-state index in [1.165, 1.54) is 11.1 Å². The molecule has 1 aromatic heterocycles. The van der Waals surface area contributed by atoms with E-state index < -0.39 is 5.91 Å². The summed E-state index contributed by atoms with van der Waals surface area (Å²) in [4.78, 5) is 16.5. The second-order valence-corrected chi connectivity index (χ2v) is 8.41. The molecule has 2 N–H and O–H groups in total. The quantitative estimate of drug-likeness (QED) is 0.464. The van der Waals surface area contributed by atoms with Gasteiger partial charge in [0.25, 0.3) is 5.91 Å². The number of nitrogens with zero attached hydrogens (tertiary/aromatic N) is 2. The van der Waals surface area contributed by atoms with Crippen LogP contribution in [0.25, 0.3) is 11.1 Å². The normalized spacial score (nSPS) is 20.0. The van der Waals surface area contributed by atoms with Gasteiger partial charge in [0.1, 0.15) is 0 Å². The first-order valence-electron chi connectivity index (χ1n) is 10.7. The van der Waals surface area contributed by atoms with Crippen LogP contribution in [0, 0.1) is 0 Å². The number of nitrogens with one attached hydrogen (secondary N) is 1. The number of piperazine rings is 1. The minimum absolute atomic E-state index is 0.418. The van der Waals surface area contributed by atoms with Crippen LogP contribution in [0.5, 0.6) is 0 Å². The maximum Gasteiger partial charge on any atom is 0.274 e. The monoisotopic (exact) mass is 419 g/mol. The van der Waals surface area contributed by atoms with Crippen LogP contribution in [-0.2, 0) is 13.1 Å². The first-order chi connectivity index (χ1) is 15.0. The number of amides is 1. The van der Waals surface area contributed by atoms with E-state index >= 15 is 0 Å². The molecule has 31 heavy (non-hydrogen) atoms. The predicted octanol–water partition coefficient (Wildman–Crippen LogP) is 4.16. The number of hydrogen-bond acceptors (Lipinski definition) is 5. The smallest absolute Gasteiger partial charge is 0.274 e. The van der Waals surface area contributed by atoms with Crippen molar-refractivity contribution in [3.8, 4) is 11.1 Å². The van der Waals surface area contributed by atoms with Crippen molar-refractivity contribution >= 4 is 5.91 Å². The van der Waals surface area contributed by atoms with Gasteiger partial charge in [-0.1, -0.05) is 30.3 Å². The highest BCUT2D eigenvalue weighted by molar-refractivity contribution is 5.93. The Labute approximate surface area is 183 Å². The van der Waals surface area contributed by atoms with E-state index in [2.05, 4.69) is 47.9 Å². The Morgan fingerprint density at radius 2 is 1.74 bits per heavy atom. The molecule has 2 aromatic carbocycles. The minimum atomic E-state index is -0.487. The SMILES string of the molecule is C[C@@H]1CN(Cc2cccc(-c3ccoc3)c2)C[C@H](C)N1Cc1ccc(C(=O)NO)cc1. The number of carbonyl (C=O) groups excluding carboxylic acids is 1. The molecule has 0 bridgehead atoms. The van der Waals surface area contributed by atoms with E-state index in [1.807, 2.05) is 18.2 Å². The maximum absolute atomic E-state index is 11.5. The highest BCUT2D eigenvalue weighted by Crippen LogP contribution is 2.24. The third-order valence-electron chi connectivity index (χ3n) is 6.05. The van der Waals surface area contributed by atoms with Crippen molar-refractivity contribution in [1.82, 2.24) is 15.3 Å². The lowest BCUT2D eigenvalue weighted by molar-refractivity contribution is 0.0290. The van der Waals surface area contributed by atoms with Gasteiger partial charge in [-0.05, 0) is 54.8 Å². The number of hydrogen-bond donors (Lipinski definition) is 2. The lowest BCUT2D eigenvalue weighted by Crippen LogP contribution is -2.55. The molecular weight excluding hydrogens is 390 g/mol. The zero-order valence-corrected chi connectivity index (χ0v) is 18.0. The molecule has 0 radical (unpaired) electrons. The molecule has 1 aliphatic rings. The second-order valence-electron chi connectivity index (χ2n) is 8.41. The number of carbonyl (C=O) groups is 1. The van der Waals surface area contributed by atoms with Gasteiger partial charge in [-0.2, -0.15) is 0 Å². The second kappa shape index (κ2) is 9.47. The summed E-state index contributed by atoms with van der Waals surface area (Å²) in [6.07, 6.45) is 3.49. The molecule has 6 heteroatoms. The largest absolute Gasteiger partial charge is 0.472 e. The molecule has 4 rings (SSSR count). The van der Waals surface area contributed by atoms with Gasteiger partial charge in [0.15, 0.2) is 0 Å². The van der Waals surface area contributed by atoms with Gasteiger partial charge in [0.2, 0.25) is 0 Å². The van der Waals surface area contributed by atoms with Crippen molar-refractivity contribution in [2.45, 2.75) is 39.0 Å². The topological polar surface area (TPSA) is 69.0 Å². The molecule has 6 nitrogen and oxygen atoms in total. The fraction of sp³-hybridized carbons (Fsp3) is 0.320. The molecule has 0 spiro atoms. The molecule has 3 aromatic rings. The van der Waals surface area contributed by atoms with Gasteiger partial charge in [0.05, 0.1) is 12.5 Å². The van der Waals surface area contributed by atoms with Crippen LogP contribution >= 0.6 is 0 Å². The molecule has 1 amide bonds. The summed E-state index contributed by atoms with van der Waals surface area (Å²) >= 11 is 0. The summed E-state index contributed by atoms with van der Waals surface area (Å²) in [7, 11) is 0. The van der Waals surface area contributed by atoms with Crippen molar-refractivity contribution < 1.29 is 14.4 Å². The Kier molecular flexibility index (Phi) is 6.51. The third kappa shape index (κ3) is 5.05. The van der Waals surface area contributed by atoms with Crippen LogP contribution in [0.15, 0.2) is 71.5 Å². The molecule has 0 unspecified atom stereocenters. The van der Waals surface area contributed by atoms with Crippen molar-refractivity contribution in [2.24, 2.45) is 0 Å². The van der Waals surface area contributed by atoms with E-state index in [0.29, 0.717) is 17.6 Å². The Morgan fingerprint density at radius 3 is 2.39 bits per heavy atom. The maximum atomic E-state index is 11.5. The van der Waals surface area contributed by atoms with Crippen molar-refractivity contribution in [3.05, 3.63) is 83.8 Å². The summed E-state index contributed by atoms with van der Waals surface area (Å²) in [6.45, 7) is 8.33. The molecule has 2 atom stereocenters. The Morgan fingerprint density at radius 1 is 1.00 bits per heavy atom. The predicted molar refractivity (Wildman–Crippen MR) is 120 cm³/mol. The van der Waals surface area contributed by atoms with E-state index in [4.69, 9.17) is 9.62 Å². The molecule has 0 aliphatic carbocycles. The van der Waals surface area contributed by atoms with Crippen LogP contribution in [-0.4, -0.2) is 46.1 Å². The van der Waals surface area contributed by atoms with E-state index in [9.17, 15) is 4.79 Å². The molecule has 0 saturated carbocycles. The number of rotatable bonds is 6. The fourth-order valence-electron chi connectivity index (χ4n) is 4.48. The zero-order valence-electron chi connectivity index (χ0n) is 18.0. The van der Waals surface area contributed by atoms with E-state index in [0.717, 1.165) is 37.3 Å². The fourth-order valence-corrected chi connectivity index (χ4v) is 4.48. The van der Waals surface area contributed by atoms with Crippen LogP contribution in [0.1, 0.15) is 35.3 Å². The molecule has 162 valence electrons. The lowest BCUT2D eigenvalue weighted by atomic mass is 10.0. The molecule has 1 saturated heterocycles. The zero-order chi connectivity index (χ0) is 21.8. The van der Waals surface area contributed by atoms with Gasteiger partial charge < -0.3 is 4.42 Å².